The summed E-state index contributed by atoms with van der Waals surface area (Å²) in [6.07, 6.45) is 6.85. The summed E-state index contributed by atoms with van der Waals surface area (Å²) in [7, 11) is 0. The number of nitrogens with zero attached hydrogens (tertiary/aromatic N) is 1. The molecule has 5 rings (SSSR count). The van der Waals surface area contributed by atoms with E-state index >= 15 is 0 Å². The van der Waals surface area contributed by atoms with Crippen LogP contribution in [-0.4, -0.2) is 76.9 Å². The van der Waals surface area contributed by atoms with Crippen LogP contribution in [0.3, 0.4) is 0 Å². The molecule has 3 unspecified atom stereocenters. The predicted molar refractivity (Wildman–Crippen MR) is 154 cm³/mol. The van der Waals surface area contributed by atoms with Crippen molar-refractivity contribution in [2.75, 3.05) is 13.1 Å². The lowest BCUT2D eigenvalue weighted by Crippen LogP contribution is -2.61. The van der Waals surface area contributed by atoms with Gasteiger partial charge in [0.15, 0.2) is 5.78 Å². The molecule has 0 bridgehead atoms. The molecule has 4 amide bonds. The van der Waals surface area contributed by atoms with Gasteiger partial charge in [-0.15, -0.1) is 0 Å². The van der Waals surface area contributed by atoms with Crippen LogP contribution in [0.5, 0.6) is 0 Å². The van der Waals surface area contributed by atoms with Crippen molar-refractivity contribution in [3.8, 4) is 0 Å². The highest BCUT2D eigenvalue weighted by atomic mass is 16.3. The lowest BCUT2D eigenvalue weighted by molar-refractivity contribution is -0.140. The van der Waals surface area contributed by atoms with Gasteiger partial charge in [-0.05, 0) is 66.6 Å². The van der Waals surface area contributed by atoms with Crippen molar-refractivity contribution >= 4 is 29.4 Å². The molecular weight excluding hydrogens is 538 g/mol. The molecule has 0 aromatic rings. The van der Waals surface area contributed by atoms with Gasteiger partial charge < -0.3 is 26.4 Å². The third-order valence-electron chi connectivity index (χ3n) is 11.2. The number of ketones is 2. The Morgan fingerprint density at radius 3 is 2.14 bits per heavy atom. The van der Waals surface area contributed by atoms with E-state index in [0.29, 0.717) is 18.4 Å². The van der Waals surface area contributed by atoms with Gasteiger partial charge in [0.1, 0.15) is 12.3 Å². The van der Waals surface area contributed by atoms with Crippen molar-refractivity contribution in [3.63, 3.8) is 0 Å². The number of aliphatic hydroxyl groups is 1. The third-order valence-corrected chi connectivity index (χ3v) is 11.2. The summed E-state index contributed by atoms with van der Waals surface area (Å²) in [5.74, 6) is -0.965. The number of amides is 4. The van der Waals surface area contributed by atoms with E-state index in [1.807, 2.05) is 13.8 Å². The average Bonchev–Trinajstić information content (AvgIpc) is 3.74. The van der Waals surface area contributed by atoms with Gasteiger partial charge in [-0.25, -0.2) is 4.79 Å². The maximum Gasteiger partial charge on any atom is 0.316 e. The van der Waals surface area contributed by atoms with E-state index in [-0.39, 0.29) is 46.7 Å². The largest absolute Gasteiger partial charge is 0.376 e. The molecule has 6 N–H and O–H groups in total. The summed E-state index contributed by atoms with van der Waals surface area (Å²) in [4.78, 5) is 65.5. The SMILES string of the molecule is CC(C)[C@H](NC(=O)N[C@H](C(=O)N1C[C@H]2[C@@H]([C@H]1C(O)NCC(=O)C(N)=O)C2(C)C)C1CC2CCCC[C@@H]2C1)C(=O)C1CC1. The van der Waals surface area contributed by atoms with Crippen molar-refractivity contribution in [3.05, 3.63) is 0 Å². The lowest BCUT2D eigenvalue weighted by atomic mass is 9.82. The molecule has 5 fully saturated rings. The Bertz CT molecular complexity index is 1090. The zero-order chi connectivity index (χ0) is 30.5. The van der Waals surface area contributed by atoms with Crippen molar-refractivity contribution in [2.24, 2.45) is 52.6 Å². The van der Waals surface area contributed by atoms with E-state index in [0.717, 1.165) is 38.5 Å². The molecule has 0 radical (unpaired) electrons. The Morgan fingerprint density at radius 2 is 1.60 bits per heavy atom. The van der Waals surface area contributed by atoms with Crippen molar-refractivity contribution in [1.82, 2.24) is 20.9 Å². The summed E-state index contributed by atoms with van der Waals surface area (Å²) in [5.41, 5.74) is 5.00. The summed E-state index contributed by atoms with van der Waals surface area (Å²) in [6, 6.07) is -2.53. The molecule has 0 aromatic heterocycles. The van der Waals surface area contributed by atoms with E-state index in [1.54, 1.807) is 4.90 Å². The van der Waals surface area contributed by atoms with Crippen molar-refractivity contribution < 1.29 is 29.1 Å². The van der Waals surface area contributed by atoms with Crippen LogP contribution in [0.4, 0.5) is 4.79 Å². The van der Waals surface area contributed by atoms with Gasteiger partial charge in [-0.3, -0.25) is 24.5 Å². The fraction of sp³-hybridized carbons (Fsp3) is 0.839. The number of rotatable bonds is 12. The highest BCUT2D eigenvalue weighted by Gasteiger charge is 2.69. The topological polar surface area (TPSA) is 171 Å². The predicted octanol–water partition coefficient (Wildman–Crippen LogP) is 1.32. The molecule has 1 aliphatic heterocycles. The highest BCUT2D eigenvalue weighted by molar-refractivity contribution is 6.36. The van der Waals surface area contributed by atoms with Crippen LogP contribution in [0, 0.1) is 46.8 Å². The number of primary amides is 1. The molecule has 11 heteroatoms. The quantitative estimate of drug-likeness (QED) is 0.169. The molecule has 4 aliphatic carbocycles. The fourth-order valence-corrected chi connectivity index (χ4v) is 8.47. The van der Waals surface area contributed by atoms with Crippen molar-refractivity contribution in [1.29, 1.82) is 0 Å². The van der Waals surface area contributed by atoms with Gasteiger partial charge in [0.05, 0.1) is 18.6 Å². The minimum absolute atomic E-state index is 0.00366. The Labute approximate surface area is 248 Å². The zero-order valence-corrected chi connectivity index (χ0v) is 25.4. The van der Waals surface area contributed by atoms with Gasteiger partial charge in [-0.1, -0.05) is 53.4 Å². The number of fused-ring (bicyclic) bond motifs is 2. The first kappa shape index (κ1) is 30.9. The summed E-state index contributed by atoms with van der Waals surface area (Å²) in [6.45, 7) is 8.05. The van der Waals surface area contributed by atoms with Gasteiger partial charge in [0, 0.05) is 12.5 Å². The highest BCUT2D eigenvalue weighted by Crippen LogP contribution is 2.65. The number of likely N-dealkylation sites (tertiary alicyclic amines) is 1. The number of carbonyl (C=O) groups is 5. The Morgan fingerprint density at radius 1 is 0.976 bits per heavy atom. The van der Waals surface area contributed by atoms with Crippen LogP contribution in [-0.2, 0) is 19.2 Å². The standard InChI is InChI=1S/C31H49N5O6/c1-15(2)23(26(38)16-9-10-16)34-30(42)35-24(19-11-17-7-5-6-8-18(17)12-19)29(41)36-14-20-22(31(20,3)4)25(36)28(40)33-13-21(37)27(32)39/h15-20,22-25,28,33,40H,5-14H2,1-4H3,(H2,32,39)(H2,34,35,42)/t17-,18?,19?,20+,22+,23+,24+,25+,28?/m1/s1. The molecule has 5 aliphatic rings. The van der Waals surface area contributed by atoms with E-state index < -0.39 is 48.6 Å². The fourth-order valence-electron chi connectivity index (χ4n) is 8.47. The van der Waals surface area contributed by atoms with Crippen LogP contribution in [0.2, 0.25) is 0 Å². The van der Waals surface area contributed by atoms with E-state index in [9.17, 15) is 29.1 Å². The van der Waals surface area contributed by atoms with Gasteiger partial charge >= 0.3 is 6.03 Å². The molecule has 11 nitrogen and oxygen atoms in total. The summed E-state index contributed by atoms with van der Waals surface area (Å²) >= 11 is 0. The molecule has 1 saturated heterocycles. The maximum atomic E-state index is 14.4. The summed E-state index contributed by atoms with van der Waals surface area (Å²) < 4.78 is 0. The molecule has 0 aromatic carbocycles. The van der Waals surface area contributed by atoms with Gasteiger partial charge in [0.25, 0.3) is 5.91 Å². The molecule has 0 spiro atoms. The number of piperidine rings is 1. The number of carbonyl (C=O) groups excluding carboxylic acids is 5. The van der Waals surface area contributed by atoms with Crippen LogP contribution in [0.15, 0.2) is 0 Å². The lowest BCUT2D eigenvalue weighted by Gasteiger charge is -2.38. The molecule has 234 valence electrons. The molecule has 4 saturated carbocycles. The number of Topliss-reactive ketones (excluding diaryl/α,β-unsaturated/α-hetero) is 2. The minimum atomic E-state index is -1.24. The second-order valence-corrected chi connectivity index (χ2v) is 14.6. The van der Waals surface area contributed by atoms with Gasteiger partial charge in [-0.2, -0.15) is 0 Å². The number of aliphatic hydroxyl groups excluding tert-OH is 1. The minimum Gasteiger partial charge on any atom is -0.376 e. The van der Waals surface area contributed by atoms with Crippen LogP contribution >= 0.6 is 0 Å². The number of nitrogens with two attached hydrogens (primary N) is 1. The normalized spacial score (nSPS) is 33.2. The first-order valence-corrected chi connectivity index (χ1v) is 16.0. The van der Waals surface area contributed by atoms with Crippen molar-refractivity contribution in [2.45, 2.75) is 103 Å². The number of nitrogens with one attached hydrogen (secondary N) is 3. The monoisotopic (exact) mass is 587 g/mol. The molecule has 42 heavy (non-hydrogen) atoms. The van der Waals surface area contributed by atoms with E-state index in [2.05, 4.69) is 29.8 Å². The number of urea groups is 1. The third kappa shape index (κ3) is 6.09. The van der Waals surface area contributed by atoms with Crippen LogP contribution < -0.4 is 21.7 Å². The maximum absolute atomic E-state index is 14.4. The van der Waals surface area contributed by atoms with Crippen LogP contribution in [0.25, 0.3) is 0 Å². The summed E-state index contributed by atoms with van der Waals surface area (Å²) in [5, 5.41) is 19.8. The average molecular weight is 588 g/mol. The molecule has 1 heterocycles. The Kier molecular flexibility index (Phi) is 8.73. The number of hydrogen-bond acceptors (Lipinski definition) is 7. The van der Waals surface area contributed by atoms with E-state index in [1.165, 1.54) is 12.8 Å². The molecule has 9 atom stereocenters. The Balaban J connectivity index is 1.35. The first-order valence-electron chi connectivity index (χ1n) is 16.0. The smallest absolute Gasteiger partial charge is 0.316 e. The Hall–Kier alpha value is -2.53. The second kappa shape index (κ2) is 11.9. The molecular formula is C31H49N5O6. The first-order chi connectivity index (χ1) is 19.8. The van der Waals surface area contributed by atoms with E-state index in [4.69, 9.17) is 5.73 Å². The van der Waals surface area contributed by atoms with Gasteiger partial charge in [0.2, 0.25) is 11.7 Å². The zero-order valence-electron chi connectivity index (χ0n) is 25.4. The number of hydrogen-bond donors (Lipinski definition) is 5. The second-order valence-electron chi connectivity index (χ2n) is 14.6. The van der Waals surface area contributed by atoms with Crippen LogP contribution in [0.1, 0.15) is 79.1 Å².